The van der Waals surface area contributed by atoms with Crippen molar-refractivity contribution in [1.82, 2.24) is 24.7 Å². The molecule has 8 nitrogen and oxygen atoms in total. The number of hydrogen-bond acceptors (Lipinski definition) is 6. The molecule has 1 unspecified atom stereocenters. The van der Waals surface area contributed by atoms with Gasteiger partial charge in [0.05, 0.1) is 23.8 Å². The molecular weight excluding hydrogens is 352 g/mol. The third kappa shape index (κ3) is 1.96. The number of nitrogens with zero attached hydrogens (tertiary/aromatic N) is 8. The Bertz CT molecular complexity index is 1030. The maximum Gasteiger partial charge on any atom is 0.209 e. The molecule has 0 saturated carbocycles. The molecule has 26 heavy (non-hydrogen) atoms. The molecule has 0 saturated heterocycles. The van der Waals surface area contributed by atoms with Crippen LogP contribution in [0.1, 0.15) is 38.2 Å². The number of anilines is 1. The van der Waals surface area contributed by atoms with Gasteiger partial charge in [-0.15, -0.1) is 9.89 Å². The first-order chi connectivity index (χ1) is 12.5. The number of aliphatic imine (C=N–C) groups is 1. The van der Waals surface area contributed by atoms with Gasteiger partial charge in [-0.1, -0.05) is 39.0 Å². The van der Waals surface area contributed by atoms with Gasteiger partial charge in [-0.05, 0) is 22.9 Å². The second-order valence-corrected chi connectivity index (χ2v) is 7.68. The van der Waals surface area contributed by atoms with E-state index in [4.69, 9.17) is 16.6 Å². The number of rotatable bonds is 1. The summed E-state index contributed by atoms with van der Waals surface area (Å²) in [5.41, 5.74) is 2.89. The fraction of sp³-hybridized carbons (Fsp3) is 0.294. The predicted octanol–water partition coefficient (Wildman–Crippen LogP) is 2.83. The molecule has 0 aliphatic carbocycles. The number of fused-ring (bicyclic) bond motifs is 6. The van der Waals surface area contributed by atoms with Gasteiger partial charge in [0.2, 0.25) is 5.28 Å². The molecule has 1 aromatic carbocycles. The highest BCUT2D eigenvalue weighted by atomic mass is 35.5. The molecule has 0 bridgehead atoms. The third-order valence-electron chi connectivity index (χ3n) is 4.65. The smallest absolute Gasteiger partial charge is 0.209 e. The van der Waals surface area contributed by atoms with Crippen LogP contribution >= 0.6 is 11.6 Å². The summed E-state index contributed by atoms with van der Waals surface area (Å²) in [5.74, 6) is 0.826. The lowest BCUT2D eigenvalue weighted by atomic mass is 9.93. The van der Waals surface area contributed by atoms with Crippen LogP contribution in [0, 0.1) is 0 Å². The Balaban J connectivity index is 1.70. The van der Waals surface area contributed by atoms with Gasteiger partial charge >= 0.3 is 0 Å². The summed E-state index contributed by atoms with van der Waals surface area (Å²) in [6, 6.07) is 8.07. The Labute approximate surface area is 155 Å². The monoisotopic (exact) mass is 368 g/mol. The zero-order valence-corrected chi connectivity index (χ0v) is 15.3. The standard InChI is InChI=1S/C17H17ClN8/c1-17(2,3)13-8-21-22-26(13)23-10-20-15-11-6-4-5-7-12(11)24-14(25(15)23)9-19-16(24)18/h4-10,15H,1-3H3. The van der Waals surface area contributed by atoms with Crippen molar-refractivity contribution < 1.29 is 0 Å². The summed E-state index contributed by atoms with van der Waals surface area (Å²) in [6.45, 7) is 6.37. The molecule has 0 spiro atoms. The Morgan fingerprint density at radius 3 is 2.73 bits per heavy atom. The highest BCUT2D eigenvalue weighted by molar-refractivity contribution is 6.29. The van der Waals surface area contributed by atoms with E-state index in [1.165, 1.54) is 0 Å². The van der Waals surface area contributed by atoms with E-state index in [0.29, 0.717) is 5.28 Å². The Hall–Kier alpha value is -2.87. The Kier molecular flexibility index (Phi) is 3.00. The summed E-state index contributed by atoms with van der Waals surface area (Å²) in [5, 5.41) is 12.7. The molecule has 0 radical (unpaired) electrons. The van der Waals surface area contributed by atoms with Crippen LogP contribution in [0.2, 0.25) is 5.28 Å². The molecule has 4 heterocycles. The number of hydrogen-bond donors (Lipinski definition) is 0. The first-order valence-electron chi connectivity index (χ1n) is 8.32. The molecule has 2 aromatic heterocycles. The Morgan fingerprint density at radius 1 is 1.12 bits per heavy atom. The molecule has 1 atom stereocenters. The average molecular weight is 369 g/mol. The summed E-state index contributed by atoms with van der Waals surface area (Å²) in [4.78, 5) is 10.8. The van der Waals surface area contributed by atoms with E-state index >= 15 is 0 Å². The van der Waals surface area contributed by atoms with Crippen molar-refractivity contribution in [2.45, 2.75) is 32.4 Å². The van der Waals surface area contributed by atoms with Crippen molar-refractivity contribution >= 4 is 23.8 Å². The van der Waals surface area contributed by atoms with Crippen LogP contribution in [0.4, 0.5) is 5.82 Å². The first kappa shape index (κ1) is 15.4. The van der Waals surface area contributed by atoms with Crippen molar-refractivity contribution in [3.05, 3.63) is 53.2 Å². The van der Waals surface area contributed by atoms with Crippen LogP contribution in [0.5, 0.6) is 0 Å². The predicted molar refractivity (Wildman–Crippen MR) is 99.2 cm³/mol. The minimum absolute atomic E-state index is 0.124. The maximum absolute atomic E-state index is 6.38. The molecule has 3 aromatic rings. The summed E-state index contributed by atoms with van der Waals surface area (Å²) in [6.07, 6.45) is 5.09. The maximum atomic E-state index is 6.38. The van der Waals surface area contributed by atoms with Crippen molar-refractivity contribution in [3.63, 3.8) is 0 Å². The van der Waals surface area contributed by atoms with E-state index in [0.717, 1.165) is 22.8 Å². The van der Waals surface area contributed by atoms with Crippen LogP contribution in [0.25, 0.3) is 5.69 Å². The summed E-state index contributed by atoms with van der Waals surface area (Å²) in [7, 11) is 0. The van der Waals surface area contributed by atoms with Crippen LogP contribution in [-0.2, 0) is 5.41 Å². The van der Waals surface area contributed by atoms with Crippen molar-refractivity contribution in [2.75, 3.05) is 10.1 Å². The minimum Gasteiger partial charge on any atom is -0.268 e. The van der Waals surface area contributed by atoms with Gasteiger partial charge in [0.1, 0.15) is 6.34 Å². The molecule has 9 heteroatoms. The molecule has 132 valence electrons. The van der Waals surface area contributed by atoms with E-state index in [9.17, 15) is 0 Å². The normalized spacial score (nSPS) is 18.1. The van der Waals surface area contributed by atoms with Crippen LogP contribution in [-0.4, -0.2) is 31.0 Å². The summed E-state index contributed by atoms with van der Waals surface area (Å²) >= 11 is 6.38. The number of hydrazine groups is 1. The lowest BCUT2D eigenvalue weighted by molar-refractivity contribution is 0.471. The van der Waals surface area contributed by atoms with Gasteiger partial charge in [-0.25, -0.2) is 15.0 Å². The molecular formula is C17H17ClN8. The van der Waals surface area contributed by atoms with Crippen LogP contribution in [0.15, 0.2) is 41.7 Å². The van der Waals surface area contributed by atoms with E-state index < -0.39 is 0 Å². The molecule has 0 fully saturated rings. The number of para-hydroxylation sites is 1. The van der Waals surface area contributed by atoms with Gasteiger partial charge in [0.25, 0.3) is 0 Å². The van der Waals surface area contributed by atoms with Gasteiger partial charge in [-0.2, -0.15) is 5.12 Å². The van der Waals surface area contributed by atoms with E-state index in [2.05, 4.69) is 42.1 Å². The molecule has 5 rings (SSSR count). The zero-order valence-electron chi connectivity index (χ0n) is 14.6. The number of imidazole rings is 1. The third-order valence-corrected chi connectivity index (χ3v) is 4.92. The summed E-state index contributed by atoms with van der Waals surface area (Å²) < 4.78 is 1.92. The average Bonchev–Trinajstić information content (AvgIpc) is 3.31. The van der Waals surface area contributed by atoms with E-state index in [1.807, 2.05) is 32.9 Å². The topological polar surface area (TPSA) is 67.4 Å². The minimum atomic E-state index is -0.205. The Morgan fingerprint density at radius 2 is 1.92 bits per heavy atom. The zero-order chi connectivity index (χ0) is 18.1. The fourth-order valence-corrected chi connectivity index (χ4v) is 3.65. The largest absolute Gasteiger partial charge is 0.268 e. The lowest BCUT2D eigenvalue weighted by Crippen LogP contribution is -2.50. The molecule has 2 aliphatic rings. The van der Waals surface area contributed by atoms with Gasteiger partial charge in [0, 0.05) is 11.0 Å². The van der Waals surface area contributed by atoms with E-state index in [1.54, 1.807) is 23.5 Å². The second-order valence-electron chi connectivity index (χ2n) is 7.34. The van der Waals surface area contributed by atoms with Crippen molar-refractivity contribution in [1.29, 1.82) is 0 Å². The van der Waals surface area contributed by atoms with E-state index in [-0.39, 0.29) is 11.6 Å². The SMILES string of the molecule is CC(C)(C)c1cnnn1N1C=NC2c3ccccc3-n3c(cnc3Cl)N21. The number of aromatic nitrogens is 5. The number of halogens is 1. The van der Waals surface area contributed by atoms with Gasteiger partial charge < -0.3 is 0 Å². The molecule has 0 N–H and O–H groups in total. The van der Waals surface area contributed by atoms with Crippen LogP contribution < -0.4 is 10.1 Å². The van der Waals surface area contributed by atoms with Gasteiger partial charge in [-0.3, -0.25) is 4.57 Å². The second kappa shape index (κ2) is 5.07. The lowest BCUT2D eigenvalue weighted by Gasteiger charge is -2.38. The first-order valence-corrected chi connectivity index (χ1v) is 8.70. The number of benzene rings is 1. The molecule has 0 amide bonds. The quantitative estimate of drug-likeness (QED) is 0.660. The van der Waals surface area contributed by atoms with Crippen molar-refractivity contribution in [2.24, 2.45) is 4.99 Å². The van der Waals surface area contributed by atoms with Gasteiger partial charge in [0.15, 0.2) is 12.0 Å². The molecule has 2 aliphatic heterocycles. The highest BCUT2D eigenvalue weighted by Crippen LogP contribution is 2.43. The fourth-order valence-electron chi connectivity index (χ4n) is 3.43. The van der Waals surface area contributed by atoms with Crippen molar-refractivity contribution in [3.8, 4) is 5.69 Å². The van der Waals surface area contributed by atoms with Crippen LogP contribution in [0.3, 0.4) is 0 Å². The highest BCUT2D eigenvalue weighted by Gasteiger charge is 2.41.